The van der Waals surface area contributed by atoms with Crippen molar-refractivity contribution in [1.29, 1.82) is 0 Å². The highest BCUT2D eigenvalue weighted by atomic mass is 19.1. The average Bonchev–Trinajstić information content (AvgIpc) is 2.85. The number of aromatic nitrogens is 2. The third-order valence-corrected chi connectivity index (χ3v) is 6.02. The van der Waals surface area contributed by atoms with Crippen molar-refractivity contribution in [2.24, 2.45) is 0 Å². The molecule has 1 aromatic heterocycles. The number of carbonyl (C=O) groups is 1. The van der Waals surface area contributed by atoms with Crippen molar-refractivity contribution >= 4 is 16.8 Å². The standard InChI is InChI=1S/C25H29FN4O4/c1-29(20-7-10-33-11-8-20)9-12-34-21-4-2-3-18(13-21)15-27-24(31)16-30-17-28-23-6-5-19(26)14-22(23)25(30)32/h2-6,13-14,17,20H,7-12,15-16H2,1H3,(H,27,31). The molecule has 180 valence electrons. The zero-order chi connectivity index (χ0) is 23.9. The van der Waals surface area contributed by atoms with Crippen molar-refractivity contribution in [2.45, 2.75) is 32.0 Å². The summed E-state index contributed by atoms with van der Waals surface area (Å²) in [5, 5.41) is 2.94. The van der Waals surface area contributed by atoms with Gasteiger partial charge in [0.2, 0.25) is 5.91 Å². The van der Waals surface area contributed by atoms with Crippen LogP contribution < -0.4 is 15.6 Å². The van der Waals surface area contributed by atoms with Crippen LogP contribution in [-0.2, 0) is 22.6 Å². The molecular formula is C25H29FN4O4. The molecule has 1 N–H and O–H groups in total. The number of nitrogens with one attached hydrogen (secondary N) is 1. The molecule has 1 amide bonds. The van der Waals surface area contributed by atoms with E-state index in [0.717, 1.165) is 50.0 Å². The second kappa shape index (κ2) is 11.2. The fourth-order valence-corrected chi connectivity index (χ4v) is 4.02. The van der Waals surface area contributed by atoms with Gasteiger partial charge in [0.15, 0.2) is 0 Å². The summed E-state index contributed by atoms with van der Waals surface area (Å²) in [6.45, 7) is 3.12. The minimum absolute atomic E-state index is 0.141. The maximum Gasteiger partial charge on any atom is 0.261 e. The second-order valence-corrected chi connectivity index (χ2v) is 8.44. The Hall–Kier alpha value is -3.30. The summed E-state index contributed by atoms with van der Waals surface area (Å²) in [6.07, 6.45) is 3.39. The van der Waals surface area contributed by atoms with Gasteiger partial charge in [0.25, 0.3) is 5.56 Å². The molecule has 3 aromatic rings. The van der Waals surface area contributed by atoms with E-state index < -0.39 is 11.4 Å². The van der Waals surface area contributed by atoms with Crippen LogP contribution in [0.25, 0.3) is 10.9 Å². The van der Waals surface area contributed by atoms with Crippen molar-refractivity contribution in [1.82, 2.24) is 19.8 Å². The van der Waals surface area contributed by atoms with Crippen LogP contribution >= 0.6 is 0 Å². The Bertz CT molecular complexity index is 1190. The quantitative estimate of drug-likeness (QED) is 0.519. The molecule has 0 spiro atoms. The summed E-state index contributed by atoms with van der Waals surface area (Å²) in [5.74, 6) is -0.126. The third kappa shape index (κ3) is 6.18. The first-order valence-corrected chi connectivity index (χ1v) is 11.4. The average molecular weight is 469 g/mol. The van der Waals surface area contributed by atoms with Crippen LogP contribution in [0.2, 0.25) is 0 Å². The van der Waals surface area contributed by atoms with Crippen LogP contribution in [0, 0.1) is 5.82 Å². The number of hydrogen-bond acceptors (Lipinski definition) is 6. The monoisotopic (exact) mass is 468 g/mol. The minimum atomic E-state index is -0.522. The van der Waals surface area contributed by atoms with E-state index in [4.69, 9.17) is 9.47 Å². The molecule has 0 unspecified atom stereocenters. The predicted molar refractivity (Wildman–Crippen MR) is 126 cm³/mol. The smallest absolute Gasteiger partial charge is 0.261 e. The number of halogens is 1. The summed E-state index contributed by atoms with van der Waals surface area (Å²) in [7, 11) is 2.11. The van der Waals surface area contributed by atoms with Gasteiger partial charge in [-0.1, -0.05) is 12.1 Å². The zero-order valence-electron chi connectivity index (χ0n) is 19.2. The lowest BCUT2D eigenvalue weighted by Gasteiger charge is -2.31. The van der Waals surface area contributed by atoms with Crippen molar-refractivity contribution < 1.29 is 18.7 Å². The zero-order valence-corrected chi connectivity index (χ0v) is 19.2. The van der Waals surface area contributed by atoms with E-state index in [1.165, 1.54) is 23.0 Å². The largest absolute Gasteiger partial charge is 0.492 e. The topological polar surface area (TPSA) is 85.7 Å². The first kappa shape index (κ1) is 23.8. The minimum Gasteiger partial charge on any atom is -0.492 e. The summed E-state index contributed by atoms with van der Waals surface area (Å²) in [5.41, 5.74) is 0.814. The van der Waals surface area contributed by atoms with Gasteiger partial charge in [-0.3, -0.25) is 19.1 Å². The Morgan fingerprint density at radius 1 is 1.26 bits per heavy atom. The van der Waals surface area contributed by atoms with E-state index in [1.54, 1.807) is 0 Å². The lowest BCUT2D eigenvalue weighted by Crippen LogP contribution is -2.38. The number of benzene rings is 2. The molecule has 1 fully saturated rings. The highest BCUT2D eigenvalue weighted by molar-refractivity contribution is 5.79. The lowest BCUT2D eigenvalue weighted by atomic mass is 10.1. The van der Waals surface area contributed by atoms with Gasteiger partial charge in [-0.15, -0.1) is 0 Å². The van der Waals surface area contributed by atoms with Crippen LogP contribution in [0.15, 0.2) is 53.6 Å². The molecule has 9 heteroatoms. The molecule has 1 aliphatic rings. The number of carbonyl (C=O) groups excluding carboxylic acids is 1. The van der Waals surface area contributed by atoms with Gasteiger partial charge in [0.1, 0.15) is 24.7 Å². The van der Waals surface area contributed by atoms with Gasteiger partial charge in [-0.2, -0.15) is 0 Å². The van der Waals surface area contributed by atoms with Crippen molar-refractivity contribution in [2.75, 3.05) is 33.4 Å². The Morgan fingerprint density at radius 3 is 2.91 bits per heavy atom. The van der Waals surface area contributed by atoms with Gasteiger partial charge in [-0.25, -0.2) is 9.37 Å². The fourth-order valence-electron chi connectivity index (χ4n) is 4.02. The van der Waals surface area contributed by atoms with E-state index in [1.807, 2.05) is 24.3 Å². The summed E-state index contributed by atoms with van der Waals surface area (Å²) in [6, 6.07) is 11.9. The van der Waals surface area contributed by atoms with E-state index >= 15 is 0 Å². The molecule has 34 heavy (non-hydrogen) atoms. The van der Waals surface area contributed by atoms with E-state index in [0.29, 0.717) is 24.7 Å². The van der Waals surface area contributed by atoms with Crippen LogP contribution in [0.1, 0.15) is 18.4 Å². The first-order valence-electron chi connectivity index (χ1n) is 11.4. The summed E-state index contributed by atoms with van der Waals surface area (Å²) < 4.78 is 26.0. The van der Waals surface area contributed by atoms with Crippen LogP contribution in [0.5, 0.6) is 5.75 Å². The van der Waals surface area contributed by atoms with Crippen molar-refractivity contribution in [3.8, 4) is 5.75 Å². The van der Waals surface area contributed by atoms with Gasteiger partial charge in [0, 0.05) is 32.3 Å². The maximum absolute atomic E-state index is 13.5. The number of rotatable bonds is 9. The molecule has 1 aliphatic heterocycles. The highest BCUT2D eigenvalue weighted by Crippen LogP contribution is 2.15. The number of nitrogens with zero attached hydrogens (tertiary/aromatic N) is 3. The van der Waals surface area contributed by atoms with Crippen LogP contribution in [-0.4, -0.2) is 59.8 Å². The number of hydrogen-bond donors (Lipinski definition) is 1. The molecule has 4 rings (SSSR count). The van der Waals surface area contributed by atoms with Gasteiger partial charge in [-0.05, 0) is 55.8 Å². The molecule has 8 nitrogen and oxygen atoms in total. The Morgan fingerprint density at radius 2 is 2.09 bits per heavy atom. The molecule has 2 heterocycles. The van der Waals surface area contributed by atoms with Crippen LogP contribution in [0.4, 0.5) is 4.39 Å². The van der Waals surface area contributed by atoms with E-state index in [-0.39, 0.29) is 17.8 Å². The number of ether oxygens (including phenoxy) is 2. The van der Waals surface area contributed by atoms with E-state index in [9.17, 15) is 14.0 Å². The molecule has 0 aliphatic carbocycles. The lowest BCUT2D eigenvalue weighted by molar-refractivity contribution is -0.121. The molecule has 0 saturated carbocycles. The second-order valence-electron chi connectivity index (χ2n) is 8.44. The fraction of sp³-hybridized carbons (Fsp3) is 0.400. The maximum atomic E-state index is 13.5. The normalized spacial score (nSPS) is 14.4. The number of fused-ring (bicyclic) bond motifs is 1. The van der Waals surface area contributed by atoms with Crippen LogP contribution in [0.3, 0.4) is 0 Å². The molecule has 2 aromatic carbocycles. The van der Waals surface area contributed by atoms with E-state index in [2.05, 4.69) is 22.2 Å². The first-order chi connectivity index (χ1) is 16.5. The molecule has 1 saturated heterocycles. The van der Waals surface area contributed by atoms with Crippen molar-refractivity contribution in [3.05, 3.63) is 70.5 Å². The Labute approximate surface area is 197 Å². The highest BCUT2D eigenvalue weighted by Gasteiger charge is 2.18. The van der Waals surface area contributed by atoms with Gasteiger partial charge >= 0.3 is 0 Å². The molecule has 0 radical (unpaired) electrons. The van der Waals surface area contributed by atoms with Crippen molar-refractivity contribution in [3.63, 3.8) is 0 Å². The predicted octanol–water partition coefficient (Wildman–Crippen LogP) is 2.34. The Kier molecular flexibility index (Phi) is 7.87. The number of amides is 1. The SMILES string of the molecule is CN(CCOc1cccc(CNC(=O)Cn2cnc3ccc(F)cc3c2=O)c1)C1CCOCC1. The number of likely N-dealkylation sites (N-methyl/N-ethyl adjacent to an activating group) is 1. The Balaban J connectivity index is 1.27. The van der Waals surface area contributed by atoms with Gasteiger partial charge in [0.05, 0.1) is 17.2 Å². The molecule has 0 atom stereocenters. The van der Waals surface area contributed by atoms with Gasteiger partial charge < -0.3 is 14.8 Å². The molecular weight excluding hydrogens is 439 g/mol. The summed E-state index contributed by atoms with van der Waals surface area (Å²) >= 11 is 0. The summed E-state index contributed by atoms with van der Waals surface area (Å²) in [4.78, 5) is 31.4. The third-order valence-electron chi connectivity index (χ3n) is 6.02. The molecule has 0 bridgehead atoms.